The first-order chi connectivity index (χ1) is 12.5. The highest BCUT2D eigenvalue weighted by Crippen LogP contribution is 2.28. The Hall–Kier alpha value is -1.95. The molecule has 0 aliphatic heterocycles. The predicted octanol–water partition coefficient (Wildman–Crippen LogP) is 3.18. The molecule has 3 aromatic rings. The van der Waals surface area contributed by atoms with Gasteiger partial charge in [-0.05, 0) is 25.1 Å². The Balaban J connectivity index is 1.64. The molecule has 1 aromatic heterocycles. The lowest BCUT2D eigenvalue weighted by molar-refractivity contribution is -0.885. The molecule has 1 amide bonds. The molecule has 0 saturated heterocycles. The number of nitrogens with zero attached hydrogens (tertiary/aromatic N) is 2. The van der Waals surface area contributed by atoms with Crippen LogP contribution in [-0.4, -0.2) is 36.4 Å². The summed E-state index contributed by atoms with van der Waals surface area (Å²) in [6, 6.07) is 15.8. The molecule has 1 N–H and O–H groups in total. The van der Waals surface area contributed by atoms with Gasteiger partial charge in [-0.25, -0.2) is 4.98 Å². The van der Waals surface area contributed by atoms with Gasteiger partial charge in [0.15, 0.2) is 6.54 Å². The molecule has 0 radical (unpaired) electrons. The lowest BCUT2D eigenvalue weighted by Gasteiger charge is -2.24. The molecule has 0 aliphatic rings. The molecule has 0 aliphatic carbocycles. The molecular weight excluding hydrogens is 366 g/mol. The number of benzene rings is 2. The SMILES string of the molecule is C[C@H](c1nc2ccccc2s1)N(C)C(=O)C[NH+](C)Cc1ccccc1Cl. The lowest BCUT2D eigenvalue weighted by atomic mass is 10.2. The maximum Gasteiger partial charge on any atom is 0.278 e. The third-order valence-corrected chi connectivity index (χ3v) is 6.12. The van der Waals surface area contributed by atoms with Crippen LogP contribution in [0, 0.1) is 0 Å². The number of nitrogens with one attached hydrogen (secondary N) is 1. The minimum Gasteiger partial charge on any atom is -0.332 e. The summed E-state index contributed by atoms with van der Waals surface area (Å²) in [6.45, 7) is 3.16. The van der Waals surface area contributed by atoms with Gasteiger partial charge in [-0.2, -0.15) is 0 Å². The second-order valence-electron chi connectivity index (χ2n) is 6.60. The van der Waals surface area contributed by atoms with E-state index < -0.39 is 0 Å². The zero-order chi connectivity index (χ0) is 18.7. The van der Waals surface area contributed by atoms with E-state index in [0.29, 0.717) is 6.54 Å². The number of fused-ring (bicyclic) bond motifs is 1. The van der Waals surface area contributed by atoms with E-state index in [0.717, 1.165) is 37.3 Å². The number of para-hydroxylation sites is 1. The summed E-state index contributed by atoms with van der Waals surface area (Å²) in [5, 5.41) is 1.71. The summed E-state index contributed by atoms with van der Waals surface area (Å²) in [6.07, 6.45) is 0. The maximum atomic E-state index is 12.7. The number of carbonyl (C=O) groups excluding carboxylic acids is 1. The average Bonchev–Trinajstić information content (AvgIpc) is 3.06. The van der Waals surface area contributed by atoms with Crippen molar-refractivity contribution < 1.29 is 9.69 Å². The van der Waals surface area contributed by atoms with Crippen LogP contribution >= 0.6 is 22.9 Å². The maximum absolute atomic E-state index is 12.7. The second kappa shape index (κ2) is 8.16. The molecule has 26 heavy (non-hydrogen) atoms. The van der Waals surface area contributed by atoms with E-state index in [1.54, 1.807) is 16.2 Å². The molecule has 2 aromatic carbocycles. The molecule has 4 nitrogen and oxygen atoms in total. The smallest absolute Gasteiger partial charge is 0.278 e. The highest BCUT2D eigenvalue weighted by atomic mass is 35.5. The molecule has 136 valence electrons. The number of hydrogen-bond acceptors (Lipinski definition) is 3. The Bertz CT molecular complexity index is 878. The summed E-state index contributed by atoms with van der Waals surface area (Å²) >= 11 is 7.87. The van der Waals surface area contributed by atoms with E-state index in [4.69, 9.17) is 11.6 Å². The fourth-order valence-electron chi connectivity index (χ4n) is 2.86. The molecule has 3 rings (SSSR count). The van der Waals surface area contributed by atoms with Crippen molar-refractivity contribution >= 4 is 39.1 Å². The zero-order valence-corrected chi connectivity index (χ0v) is 16.8. The van der Waals surface area contributed by atoms with E-state index in [1.165, 1.54) is 0 Å². The quantitative estimate of drug-likeness (QED) is 0.704. The van der Waals surface area contributed by atoms with E-state index >= 15 is 0 Å². The molecule has 2 atom stereocenters. The van der Waals surface area contributed by atoms with Gasteiger partial charge in [-0.15, -0.1) is 11.3 Å². The molecule has 6 heteroatoms. The molecule has 1 unspecified atom stereocenters. The van der Waals surface area contributed by atoms with Gasteiger partial charge in [-0.1, -0.05) is 41.9 Å². The Kier molecular flexibility index (Phi) is 5.91. The monoisotopic (exact) mass is 388 g/mol. The Morgan fingerprint density at radius 3 is 2.65 bits per heavy atom. The number of thiazole rings is 1. The number of rotatable bonds is 6. The van der Waals surface area contributed by atoms with Crippen LogP contribution in [0.25, 0.3) is 10.2 Å². The summed E-state index contributed by atoms with van der Waals surface area (Å²) < 4.78 is 1.15. The van der Waals surface area contributed by atoms with Crippen LogP contribution in [0.5, 0.6) is 0 Å². The van der Waals surface area contributed by atoms with Crippen molar-refractivity contribution in [1.82, 2.24) is 9.88 Å². The fourth-order valence-corrected chi connectivity index (χ4v) is 4.13. The van der Waals surface area contributed by atoms with E-state index in [-0.39, 0.29) is 11.9 Å². The van der Waals surface area contributed by atoms with E-state index in [1.807, 2.05) is 63.5 Å². The number of quaternary nitrogens is 1. The molecule has 0 bridgehead atoms. The molecule has 0 spiro atoms. The van der Waals surface area contributed by atoms with Crippen molar-refractivity contribution in [3.63, 3.8) is 0 Å². The Labute approximate surface area is 163 Å². The van der Waals surface area contributed by atoms with Crippen molar-refractivity contribution in [3.05, 3.63) is 64.1 Å². The van der Waals surface area contributed by atoms with Gasteiger partial charge < -0.3 is 9.80 Å². The highest BCUT2D eigenvalue weighted by molar-refractivity contribution is 7.18. The van der Waals surface area contributed by atoms with Crippen LogP contribution in [0.1, 0.15) is 23.5 Å². The lowest BCUT2D eigenvalue weighted by Crippen LogP contribution is -3.08. The largest absolute Gasteiger partial charge is 0.332 e. The fraction of sp³-hybridized carbons (Fsp3) is 0.300. The summed E-state index contributed by atoms with van der Waals surface area (Å²) in [7, 11) is 3.86. The number of hydrogen-bond donors (Lipinski definition) is 1. The molecule has 0 saturated carbocycles. The first-order valence-corrected chi connectivity index (χ1v) is 9.81. The van der Waals surface area contributed by atoms with Crippen molar-refractivity contribution in [2.24, 2.45) is 0 Å². The predicted molar refractivity (Wildman–Crippen MR) is 108 cm³/mol. The van der Waals surface area contributed by atoms with Gasteiger partial charge in [0.2, 0.25) is 0 Å². The Morgan fingerprint density at radius 2 is 1.92 bits per heavy atom. The average molecular weight is 389 g/mol. The number of aromatic nitrogens is 1. The minimum absolute atomic E-state index is 0.0481. The van der Waals surface area contributed by atoms with Gasteiger partial charge in [0.1, 0.15) is 11.6 Å². The number of halogens is 1. The van der Waals surface area contributed by atoms with Crippen LogP contribution in [0.3, 0.4) is 0 Å². The third kappa shape index (κ3) is 4.23. The van der Waals surface area contributed by atoms with Gasteiger partial charge in [0, 0.05) is 17.6 Å². The molecule has 1 heterocycles. The van der Waals surface area contributed by atoms with Gasteiger partial charge >= 0.3 is 0 Å². The second-order valence-corrected chi connectivity index (χ2v) is 8.07. The summed E-state index contributed by atoms with van der Waals surface area (Å²) in [5.74, 6) is 0.0984. The van der Waals surface area contributed by atoms with Crippen molar-refractivity contribution in [2.75, 3.05) is 20.6 Å². The first-order valence-electron chi connectivity index (χ1n) is 8.61. The van der Waals surface area contributed by atoms with Crippen LogP contribution in [-0.2, 0) is 11.3 Å². The van der Waals surface area contributed by atoms with Crippen LogP contribution in [0.4, 0.5) is 0 Å². The van der Waals surface area contributed by atoms with Crippen LogP contribution in [0.2, 0.25) is 5.02 Å². The van der Waals surface area contributed by atoms with Crippen molar-refractivity contribution in [1.29, 1.82) is 0 Å². The summed E-state index contributed by atoms with van der Waals surface area (Å²) in [5.41, 5.74) is 2.04. The highest BCUT2D eigenvalue weighted by Gasteiger charge is 2.23. The van der Waals surface area contributed by atoms with Gasteiger partial charge in [0.05, 0.1) is 23.3 Å². The number of amides is 1. The molecule has 0 fully saturated rings. The third-order valence-electron chi connectivity index (χ3n) is 4.55. The van der Waals surface area contributed by atoms with Crippen LogP contribution < -0.4 is 4.90 Å². The number of carbonyl (C=O) groups is 1. The number of likely N-dealkylation sites (N-methyl/N-ethyl adjacent to an activating group) is 2. The van der Waals surface area contributed by atoms with E-state index in [9.17, 15) is 4.79 Å². The zero-order valence-electron chi connectivity index (χ0n) is 15.2. The van der Waals surface area contributed by atoms with Gasteiger partial charge in [0.25, 0.3) is 5.91 Å². The minimum atomic E-state index is -0.0481. The van der Waals surface area contributed by atoms with Crippen LogP contribution in [0.15, 0.2) is 48.5 Å². The normalized spacial score (nSPS) is 13.5. The Morgan fingerprint density at radius 1 is 1.23 bits per heavy atom. The van der Waals surface area contributed by atoms with Gasteiger partial charge in [-0.3, -0.25) is 4.79 Å². The molecular formula is C20H23ClN3OS+. The van der Waals surface area contributed by atoms with E-state index in [2.05, 4.69) is 11.1 Å². The van der Waals surface area contributed by atoms with Crippen molar-refractivity contribution in [3.8, 4) is 0 Å². The standard InChI is InChI=1S/C20H22ClN3OS/c1-14(20-22-17-10-6-7-11-18(17)26-20)24(3)19(25)13-23(2)12-15-8-4-5-9-16(15)21/h4-11,14H,12-13H2,1-3H3/p+1/t14-/m1/s1. The van der Waals surface area contributed by atoms with Crippen molar-refractivity contribution in [2.45, 2.75) is 19.5 Å². The summed E-state index contributed by atoms with van der Waals surface area (Å²) in [4.78, 5) is 20.3. The first kappa shape index (κ1) is 18.8. The topological polar surface area (TPSA) is 37.6 Å².